The highest BCUT2D eigenvalue weighted by Gasteiger charge is 2.44. The van der Waals surface area contributed by atoms with Crippen LogP contribution in [0.4, 0.5) is 5.82 Å². The Kier molecular flexibility index (Phi) is 6.53. The van der Waals surface area contributed by atoms with Gasteiger partial charge in [0, 0.05) is 37.0 Å². The lowest BCUT2D eigenvalue weighted by Crippen LogP contribution is -2.54. The smallest absolute Gasteiger partial charge is 0.220 e. The maximum absolute atomic E-state index is 12.7. The normalized spacial score (nSPS) is 22.3. The van der Waals surface area contributed by atoms with E-state index < -0.39 is 0 Å². The third-order valence-corrected chi connectivity index (χ3v) is 7.38. The van der Waals surface area contributed by atoms with E-state index in [1.807, 2.05) is 12.1 Å². The number of benzene rings is 2. The minimum atomic E-state index is -0.0956. The molecule has 1 amide bonds. The Bertz CT molecular complexity index is 1180. The number of carbonyl (C=O) groups excluding carboxylic acids is 1. The fourth-order valence-electron chi connectivity index (χ4n) is 5.37. The quantitative estimate of drug-likeness (QED) is 0.570. The summed E-state index contributed by atoms with van der Waals surface area (Å²) in [4.78, 5) is 17.3. The van der Waals surface area contributed by atoms with E-state index in [0.29, 0.717) is 31.8 Å². The number of ether oxygens (including phenoxy) is 2. The van der Waals surface area contributed by atoms with Gasteiger partial charge >= 0.3 is 0 Å². The second-order valence-corrected chi connectivity index (χ2v) is 9.70. The third kappa shape index (κ3) is 4.65. The summed E-state index contributed by atoms with van der Waals surface area (Å²) >= 11 is 0. The van der Waals surface area contributed by atoms with Crippen LogP contribution in [0, 0.1) is 12.3 Å². The van der Waals surface area contributed by atoms with Crippen molar-refractivity contribution in [1.82, 2.24) is 10.3 Å². The average molecular weight is 460 g/mol. The number of fused-ring (bicyclic) bond motifs is 2. The van der Waals surface area contributed by atoms with Gasteiger partial charge in [-0.3, -0.25) is 4.79 Å². The van der Waals surface area contributed by atoms with Gasteiger partial charge in [0.2, 0.25) is 5.91 Å². The molecule has 34 heavy (non-hydrogen) atoms. The molecule has 0 radical (unpaired) electrons. The van der Waals surface area contributed by atoms with Crippen molar-refractivity contribution in [3.05, 3.63) is 59.7 Å². The van der Waals surface area contributed by atoms with E-state index in [2.05, 4.69) is 53.6 Å². The van der Waals surface area contributed by atoms with Crippen molar-refractivity contribution in [3.8, 4) is 11.1 Å². The summed E-state index contributed by atoms with van der Waals surface area (Å²) in [5.41, 5.74) is 11.5. The molecule has 2 aliphatic rings. The minimum Gasteiger partial charge on any atom is -0.383 e. The first-order valence-corrected chi connectivity index (χ1v) is 12.3. The monoisotopic (exact) mass is 459 g/mol. The lowest BCUT2D eigenvalue weighted by molar-refractivity contribution is -0.158. The number of aryl methyl sites for hydroxylation is 2. The molecule has 2 aliphatic heterocycles. The van der Waals surface area contributed by atoms with E-state index in [4.69, 9.17) is 15.2 Å². The van der Waals surface area contributed by atoms with Crippen molar-refractivity contribution >= 4 is 22.6 Å². The van der Waals surface area contributed by atoms with Crippen LogP contribution in [0.15, 0.2) is 48.5 Å². The van der Waals surface area contributed by atoms with Gasteiger partial charge in [0.1, 0.15) is 5.82 Å². The number of pyridine rings is 1. The predicted octanol–water partition coefficient (Wildman–Crippen LogP) is 4.43. The molecular formula is C28H33N3O3. The number of nitrogen functional groups attached to an aromatic ring is 1. The Morgan fingerprint density at radius 3 is 2.97 bits per heavy atom. The largest absolute Gasteiger partial charge is 0.383 e. The summed E-state index contributed by atoms with van der Waals surface area (Å²) in [6.07, 6.45) is 4.05. The second-order valence-electron chi connectivity index (χ2n) is 9.70. The lowest BCUT2D eigenvalue weighted by atomic mass is 9.74. The van der Waals surface area contributed by atoms with Crippen LogP contribution in [-0.4, -0.2) is 43.4 Å². The number of aromatic nitrogens is 1. The molecule has 5 rings (SSSR count). The molecule has 3 heterocycles. The molecule has 1 aromatic heterocycles. The van der Waals surface area contributed by atoms with Crippen molar-refractivity contribution in [3.63, 3.8) is 0 Å². The molecular weight excluding hydrogens is 426 g/mol. The van der Waals surface area contributed by atoms with E-state index in [1.54, 1.807) is 0 Å². The van der Waals surface area contributed by atoms with Crippen molar-refractivity contribution in [1.29, 1.82) is 0 Å². The Labute approximate surface area is 200 Å². The molecule has 0 spiro atoms. The molecule has 178 valence electrons. The van der Waals surface area contributed by atoms with Crippen LogP contribution in [0.2, 0.25) is 0 Å². The molecule has 3 N–H and O–H groups in total. The van der Waals surface area contributed by atoms with Gasteiger partial charge in [-0.25, -0.2) is 4.98 Å². The zero-order valence-electron chi connectivity index (χ0n) is 19.8. The average Bonchev–Trinajstić information content (AvgIpc) is 2.86. The molecule has 2 atom stereocenters. The lowest BCUT2D eigenvalue weighted by Gasteiger charge is -2.46. The second kappa shape index (κ2) is 9.72. The van der Waals surface area contributed by atoms with Gasteiger partial charge in [-0.05, 0) is 73.1 Å². The first kappa shape index (κ1) is 22.8. The number of hydrogen-bond donors (Lipinski definition) is 2. The summed E-state index contributed by atoms with van der Waals surface area (Å²) in [6, 6.07) is 16.7. The number of nitrogens with zero attached hydrogens (tertiary/aromatic N) is 1. The van der Waals surface area contributed by atoms with E-state index in [0.717, 1.165) is 54.5 Å². The van der Waals surface area contributed by atoms with Crippen LogP contribution in [0.3, 0.4) is 0 Å². The number of carbonyl (C=O) groups is 1. The molecule has 0 bridgehead atoms. The van der Waals surface area contributed by atoms with Gasteiger partial charge < -0.3 is 20.5 Å². The Balaban J connectivity index is 1.26. The van der Waals surface area contributed by atoms with E-state index >= 15 is 0 Å². The van der Waals surface area contributed by atoms with Crippen molar-refractivity contribution < 1.29 is 14.3 Å². The van der Waals surface area contributed by atoms with Gasteiger partial charge in [-0.15, -0.1) is 0 Å². The van der Waals surface area contributed by atoms with Crippen molar-refractivity contribution in [2.75, 3.05) is 32.1 Å². The van der Waals surface area contributed by atoms with Crippen molar-refractivity contribution in [2.45, 2.75) is 45.1 Å². The minimum absolute atomic E-state index is 0.0254. The number of hydrogen-bond acceptors (Lipinski definition) is 5. The van der Waals surface area contributed by atoms with E-state index in [9.17, 15) is 4.79 Å². The fraction of sp³-hybridized carbons (Fsp3) is 0.429. The van der Waals surface area contributed by atoms with Gasteiger partial charge in [0.25, 0.3) is 0 Å². The molecule has 6 nitrogen and oxygen atoms in total. The first-order chi connectivity index (χ1) is 16.5. The number of anilines is 1. The third-order valence-electron chi connectivity index (χ3n) is 7.38. The number of nitrogens with two attached hydrogens (primary N) is 1. The summed E-state index contributed by atoms with van der Waals surface area (Å²) < 4.78 is 11.7. The van der Waals surface area contributed by atoms with Crippen molar-refractivity contribution in [2.24, 2.45) is 5.41 Å². The fourth-order valence-corrected chi connectivity index (χ4v) is 5.37. The van der Waals surface area contributed by atoms with Gasteiger partial charge in [0.05, 0.1) is 18.2 Å². The standard InChI is InChI=1S/C28H33N3O3/c1-19-5-2-3-6-23(19)20-7-9-24-22(15-20)16-21(27(29)31-24)8-10-26(32)30-17-28-12-4-13-34-25(28)11-14-33-18-28/h2-3,5-7,9,15-16,25H,4,8,10-14,17-18H2,1H3,(H2,29,31)(H,30,32)/t25-,28-/m1/s1. The highest BCUT2D eigenvalue weighted by Crippen LogP contribution is 2.38. The molecule has 0 aliphatic carbocycles. The zero-order chi connectivity index (χ0) is 23.5. The number of amides is 1. The van der Waals surface area contributed by atoms with Gasteiger partial charge in [0.15, 0.2) is 0 Å². The van der Waals surface area contributed by atoms with Crippen LogP contribution in [-0.2, 0) is 20.7 Å². The van der Waals surface area contributed by atoms with E-state index in [-0.39, 0.29) is 17.4 Å². The number of rotatable bonds is 6. The summed E-state index contributed by atoms with van der Waals surface area (Å²) in [6.45, 7) is 4.91. The molecule has 2 fully saturated rings. The predicted molar refractivity (Wildman–Crippen MR) is 135 cm³/mol. The molecule has 0 unspecified atom stereocenters. The number of nitrogens with one attached hydrogen (secondary N) is 1. The van der Waals surface area contributed by atoms with Crippen LogP contribution < -0.4 is 11.1 Å². The topological polar surface area (TPSA) is 86.5 Å². The summed E-state index contributed by atoms with van der Waals surface area (Å²) in [5, 5.41) is 4.18. The Morgan fingerprint density at radius 2 is 2.09 bits per heavy atom. The molecule has 3 aromatic rings. The van der Waals surface area contributed by atoms with Crippen LogP contribution >= 0.6 is 0 Å². The maximum atomic E-state index is 12.7. The maximum Gasteiger partial charge on any atom is 0.220 e. The molecule has 2 aromatic carbocycles. The van der Waals surface area contributed by atoms with E-state index in [1.165, 1.54) is 11.1 Å². The Hall–Kier alpha value is -2.96. The highest BCUT2D eigenvalue weighted by atomic mass is 16.5. The summed E-state index contributed by atoms with van der Waals surface area (Å²) in [5.74, 6) is 0.515. The molecule has 0 saturated carbocycles. The van der Waals surface area contributed by atoms with Gasteiger partial charge in [-0.2, -0.15) is 0 Å². The SMILES string of the molecule is Cc1ccccc1-c1ccc2nc(N)c(CCC(=O)NC[C@@]34CCCO[C@@H]3CCOC4)cc2c1. The summed E-state index contributed by atoms with van der Waals surface area (Å²) in [7, 11) is 0. The highest BCUT2D eigenvalue weighted by molar-refractivity contribution is 5.87. The van der Waals surface area contributed by atoms with Crippen LogP contribution in [0.1, 0.15) is 36.8 Å². The van der Waals surface area contributed by atoms with Crippen LogP contribution in [0.5, 0.6) is 0 Å². The van der Waals surface area contributed by atoms with Crippen LogP contribution in [0.25, 0.3) is 22.0 Å². The van der Waals surface area contributed by atoms with Gasteiger partial charge in [-0.1, -0.05) is 30.3 Å². The molecule has 2 saturated heterocycles. The molecule has 6 heteroatoms. The first-order valence-electron chi connectivity index (χ1n) is 12.3. The Morgan fingerprint density at radius 1 is 1.21 bits per heavy atom. The zero-order valence-corrected chi connectivity index (χ0v) is 19.8.